The van der Waals surface area contributed by atoms with Gasteiger partial charge < -0.3 is 5.32 Å². The van der Waals surface area contributed by atoms with Crippen LogP contribution in [-0.4, -0.2) is 22.4 Å². The molecule has 2 heterocycles. The van der Waals surface area contributed by atoms with E-state index in [9.17, 15) is 4.79 Å². The van der Waals surface area contributed by atoms with Gasteiger partial charge in [-0.2, -0.15) is 11.8 Å². The third-order valence-electron chi connectivity index (χ3n) is 2.80. The van der Waals surface area contributed by atoms with Crippen LogP contribution in [0.25, 0.3) is 0 Å². The minimum absolute atomic E-state index is 0.0386. The molecule has 3 nitrogen and oxygen atoms in total. The summed E-state index contributed by atoms with van der Waals surface area (Å²) in [5.41, 5.74) is 0. The number of halogens is 1. The van der Waals surface area contributed by atoms with Crippen LogP contribution in [0, 0.1) is 5.92 Å². The first-order valence-corrected chi connectivity index (χ1v) is 7.26. The number of carbonyl (C=O) groups is 1. The highest BCUT2D eigenvalue weighted by molar-refractivity contribution is 7.99. The molecule has 0 bridgehead atoms. The maximum absolute atomic E-state index is 11.8. The molecule has 1 saturated heterocycles. The van der Waals surface area contributed by atoms with Crippen molar-refractivity contribution < 1.29 is 4.79 Å². The van der Waals surface area contributed by atoms with Crippen molar-refractivity contribution in [1.29, 1.82) is 0 Å². The molecule has 1 amide bonds. The fourth-order valence-electron chi connectivity index (χ4n) is 1.88. The van der Waals surface area contributed by atoms with Crippen molar-refractivity contribution in [3.05, 3.63) is 23.4 Å². The Morgan fingerprint density at radius 2 is 2.29 bits per heavy atom. The van der Waals surface area contributed by atoms with Gasteiger partial charge in [-0.1, -0.05) is 11.6 Å². The summed E-state index contributed by atoms with van der Waals surface area (Å²) in [5.74, 6) is 3.44. The Bertz CT molecular complexity index is 394. The number of nitrogens with zero attached hydrogens (tertiary/aromatic N) is 1. The molecule has 0 spiro atoms. The number of hydrogen-bond acceptors (Lipinski definition) is 3. The van der Waals surface area contributed by atoms with Gasteiger partial charge in [-0.05, 0) is 42.4 Å². The van der Waals surface area contributed by atoms with E-state index in [1.54, 1.807) is 18.3 Å². The van der Waals surface area contributed by atoms with Gasteiger partial charge in [-0.3, -0.25) is 4.79 Å². The summed E-state index contributed by atoms with van der Waals surface area (Å²) < 4.78 is 0. The number of anilines is 1. The maximum atomic E-state index is 11.8. The van der Waals surface area contributed by atoms with Crippen molar-refractivity contribution in [2.75, 3.05) is 16.8 Å². The topological polar surface area (TPSA) is 42.0 Å². The molecule has 92 valence electrons. The fourth-order valence-corrected chi connectivity index (χ4v) is 3.24. The Morgan fingerprint density at radius 3 is 3.00 bits per heavy atom. The second-order valence-corrected chi connectivity index (χ2v) is 5.83. The molecular weight excluding hydrogens is 256 g/mol. The molecule has 0 radical (unpaired) electrons. The normalized spacial score (nSPS) is 16.8. The van der Waals surface area contributed by atoms with Gasteiger partial charge in [-0.25, -0.2) is 4.98 Å². The van der Waals surface area contributed by atoms with Crippen molar-refractivity contribution in [3.8, 4) is 0 Å². The number of amides is 1. The predicted molar refractivity (Wildman–Crippen MR) is 72.5 cm³/mol. The summed E-state index contributed by atoms with van der Waals surface area (Å²) in [6, 6.07) is 3.35. The van der Waals surface area contributed by atoms with Crippen molar-refractivity contribution >= 4 is 35.1 Å². The summed E-state index contributed by atoms with van der Waals surface area (Å²) >= 11 is 7.80. The molecular formula is C12H15ClN2OS. The zero-order valence-electron chi connectivity index (χ0n) is 9.49. The molecule has 0 atom stereocenters. The van der Waals surface area contributed by atoms with E-state index in [-0.39, 0.29) is 5.91 Å². The molecule has 0 saturated carbocycles. The number of aromatic nitrogens is 1. The van der Waals surface area contributed by atoms with E-state index >= 15 is 0 Å². The largest absolute Gasteiger partial charge is 0.311 e. The predicted octanol–water partition coefficient (Wildman–Crippen LogP) is 3.21. The van der Waals surface area contributed by atoms with E-state index in [0.29, 0.717) is 23.2 Å². The van der Waals surface area contributed by atoms with Crippen LogP contribution in [0.1, 0.15) is 19.3 Å². The van der Waals surface area contributed by atoms with E-state index in [2.05, 4.69) is 10.3 Å². The van der Waals surface area contributed by atoms with Crippen LogP contribution in [-0.2, 0) is 4.79 Å². The first-order chi connectivity index (χ1) is 8.24. The first-order valence-electron chi connectivity index (χ1n) is 5.73. The van der Waals surface area contributed by atoms with Gasteiger partial charge in [-0.15, -0.1) is 0 Å². The molecule has 1 N–H and O–H groups in total. The number of nitrogens with one attached hydrogen (secondary N) is 1. The van der Waals surface area contributed by atoms with E-state index in [1.165, 1.54) is 11.5 Å². The minimum atomic E-state index is 0.0386. The highest BCUT2D eigenvalue weighted by Gasteiger charge is 2.17. The molecule has 17 heavy (non-hydrogen) atoms. The van der Waals surface area contributed by atoms with Crippen LogP contribution in [0.15, 0.2) is 18.3 Å². The highest BCUT2D eigenvalue weighted by Crippen LogP contribution is 2.25. The molecule has 1 aromatic rings. The number of hydrogen-bond donors (Lipinski definition) is 1. The van der Waals surface area contributed by atoms with Gasteiger partial charge in [0.15, 0.2) is 0 Å². The van der Waals surface area contributed by atoms with E-state index in [0.717, 1.165) is 12.8 Å². The first kappa shape index (κ1) is 12.7. The van der Waals surface area contributed by atoms with Crippen molar-refractivity contribution in [2.45, 2.75) is 19.3 Å². The molecule has 0 aliphatic carbocycles. The number of pyridine rings is 1. The average Bonchev–Trinajstić information content (AvgIpc) is 2.30. The van der Waals surface area contributed by atoms with Crippen LogP contribution >= 0.6 is 23.4 Å². The molecule has 1 fully saturated rings. The molecule has 5 heteroatoms. The molecule has 0 unspecified atom stereocenters. The maximum Gasteiger partial charge on any atom is 0.225 e. The molecule has 1 aromatic heterocycles. The van der Waals surface area contributed by atoms with Crippen LogP contribution in [0.5, 0.6) is 0 Å². The number of thioether (sulfide) groups is 1. The van der Waals surface area contributed by atoms with Gasteiger partial charge in [0.2, 0.25) is 5.91 Å². The summed E-state index contributed by atoms with van der Waals surface area (Å²) in [4.78, 5) is 15.8. The lowest BCUT2D eigenvalue weighted by atomic mass is 9.98. The molecule has 2 rings (SSSR count). The van der Waals surface area contributed by atoms with E-state index < -0.39 is 0 Å². The Balaban J connectivity index is 1.84. The quantitative estimate of drug-likeness (QED) is 0.917. The van der Waals surface area contributed by atoms with Crippen molar-refractivity contribution in [1.82, 2.24) is 4.98 Å². The van der Waals surface area contributed by atoms with Gasteiger partial charge >= 0.3 is 0 Å². The van der Waals surface area contributed by atoms with Crippen molar-refractivity contribution in [2.24, 2.45) is 5.92 Å². The van der Waals surface area contributed by atoms with E-state index in [4.69, 9.17) is 11.6 Å². The van der Waals surface area contributed by atoms with Gasteiger partial charge in [0, 0.05) is 17.6 Å². The lowest BCUT2D eigenvalue weighted by Gasteiger charge is -2.20. The smallest absolute Gasteiger partial charge is 0.225 e. The number of carbonyl (C=O) groups excluding carboxylic acids is 1. The summed E-state index contributed by atoms with van der Waals surface area (Å²) in [6.07, 6.45) is 4.46. The summed E-state index contributed by atoms with van der Waals surface area (Å²) in [6.45, 7) is 0. The number of rotatable bonds is 3. The van der Waals surface area contributed by atoms with Gasteiger partial charge in [0.1, 0.15) is 5.82 Å². The Labute approximate surface area is 110 Å². The lowest BCUT2D eigenvalue weighted by molar-refractivity contribution is -0.117. The van der Waals surface area contributed by atoms with Gasteiger partial charge in [0.05, 0.1) is 0 Å². The van der Waals surface area contributed by atoms with E-state index in [1.807, 2.05) is 11.8 Å². The standard InChI is InChI=1S/C12H15ClN2OS/c13-10-1-4-14-11(8-10)15-12(16)7-9-2-5-17-6-3-9/h1,4,8-9H,2-3,5-7H2,(H,14,15,16). The highest BCUT2D eigenvalue weighted by atomic mass is 35.5. The lowest BCUT2D eigenvalue weighted by Crippen LogP contribution is -2.20. The third-order valence-corrected chi connectivity index (χ3v) is 4.09. The molecule has 1 aliphatic rings. The zero-order valence-corrected chi connectivity index (χ0v) is 11.1. The van der Waals surface area contributed by atoms with Crippen LogP contribution in [0.2, 0.25) is 5.02 Å². The summed E-state index contributed by atoms with van der Waals surface area (Å²) in [7, 11) is 0. The monoisotopic (exact) mass is 270 g/mol. The second-order valence-electron chi connectivity index (χ2n) is 4.17. The van der Waals surface area contributed by atoms with Crippen LogP contribution in [0.4, 0.5) is 5.82 Å². The second kappa shape index (κ2) is 6.26. The molecule has 0 aromatic carbocycles. The van der Waals surface area contributed by atoms with Crippen LogP contribution in [0.3, 0.4) is 0 Å². The Hall–Kier alpha value is -0.740. The Morgan fingerprint density at radius 1 is 1.53 bits per heavy atom. The van der Waals surface area contributed by atoms with Crippen LogP contribution < -0.4 is 5.32 Å². The summed E-state index contributed by atoms with van der Waals surface area (Å²) in [5, 5.41) is 3.38. The fraction of sp³-hybridized carbons (Fsp3) is 0.500. The van der Waals surface area contributed by atoms with Crippen molar-refractivity contribution in [3.63, 3.8) is 0 Å². The molecule has 1 aliphatic heterocycles. The SMILES string of the molecule is O=C(CC1CCSCC1)Nc1cc(Cl)ccn1. The Kier molecular flexibility index (Phi) is 4.68. The zero-order chi connectivity index (χ0) is 12.1. The van der Waals surface area contributed by atoms with Gasteiger partial charge in [0.25, 0.3) is 0 Å². The third kappa shape index (κ3) is 4.21. The minimum Gasteiger partial charge on any atom is -0.311 e. The average molecular weight is 271 g/mol.